The maximum atomic E-state index is 13.0. The fourth-order valence-electron chi connectivity index (χ4n) is 3.73. The predicted octanol–water partition coefficient (Wildman–Crippen LogP) is 3.74. The van der Waals surface area contributed by atoms with Gasteiger partial charge in [-0.1, -0.05) is 23.7 Å². The van der Waals surface area contributed by atoms with E-state index < -0.39 is 0 Å². The first-order chi connectivity index (χ1) is 12.6. The van der Waals surface area contributed by atoms with Crippen LogP contribution in [0.5, 0.6) is 0 Å². The van der Waals surface area contributed by atoms with Crippen molar-refractivity contribution >= 4 is 53.7 Å². The molecule has 0 bridgehead atoms. The number of hydrogen-bond acceptors (Lipinski definition) is 5. The molecule has 1 atom stereocenters. The lowest BCUT2D eigenvalue weighted by Crippen LogP contribution is -2.49. The monoisotopic (exact) mass is 462 g/mol. The van der Waals surface area contributed by atoms with Crippen molar-refractivity contribution in [3.8, 4) is 10.6 Å². The van der Waals surface area contributed by atoms with Crippen molar-refractivity contribution in [1.82, 2.24) is 20.1 Å². The summed E-state index contributed by atoms with van der Waals surface area (Å²) in [5.41, 5.74) is 1.82. The molecular weight excluding hydrogens is 439 g/mol. The third kappa shape index (κ3) is 4.99. The standard InChI is InChI=1S/C19H23ClN4OS.2ClH/c1-13-17(26-18(22-13)14-2-4-15(20)5-3-14)19(25)24-9-6-16(12-24)23-10-7-21-8-11-23;;/h2-5,16,21H,6-12H2,1H3;2*1H. The smallest absolute Gasteiger partial charge is 0.265 e. The van der Waals surface area contributed by atoms with Gasteiger partial charge in [0.2, 0.25) is 0 Å². The Hall–Kier alpha value is -0.890. The zero-order valence-electron chi connectivity index (χ0n) is 15.7. The third-order valence-electron chi connectivity index (χ3n) is 5.20. The molecule has 4 rings (SSSR count). The van der Waals surface area contributed by atoms with Crippen LogP contribution in [0.3, 0.4) is 0 Å². The van der Waals surface area contributed by atoms with Gasteiger partial charge in [-0.2, -0.15) is 0 Å². The topological polar surface area (TPSA) is 48.5 Å². The lowest BCUT2D eigenvalue weighted by Gasteiger charge is -2.32. The highest BCUT2D eigenvalue weighted by molar-refractivity contribution is 7.17. The number of amides is 1. The van der Waals surface area contributed by atoms with Gasteiger partial charge in [0.05, 0.1) is 5.69 Å². The molecular formula is C19H25Cl3N4OS. The highest BCUT2D eigenvalue weighted by Crippen LogP contribution is 2.30. The van der Waals surface area contributed by atoms with Crippen LogP contribution >= 0.6 is 47.8 Å². The van der Waals surface area contributed by atoms with E-state index in [4.69, 9.17) is 11.6 Å². The van der Waals surface area contributed by atoms with E-state index in [-0.39, 0.29) is 30.7 Å². The van der Waals surface area contributed by atoms with Crippen molar-refractivity contribution in [3.63, 3.8) is 0 Å². The molecule has 2 saturated heterocycles. The average molecular weight is 464 g/mol. The van der Waals surface area contributed by atoms with Crippen LogP contribution < -0.4 is 5.32 Å². The molecule has 0 saturated carbocycles. The summed E-state index contributed by atoms with van der Waals surface area (Å²) in [5.74, 6) is 0.123. The van der Waals surface area contributed by atoms with Crippen LogP contribution in [0.15, 0.2) is 24.3 Å². The molecule has 2 aliphatic heterocycles. The molecule has 5 nitrogen and oxygen atoms in total. The van der Waals surface area contributed by atoms with Gasteiger partial charge in [0.25, 0.3) is 5.91 Å². The maximum Gasteiger partial charge on any atom is 0.265 e. The number of piperazine rings is 1. The number of aromatic nitrogens is 1. The van der Waals surface area contributed by atoms with Crippen LogP contribution in [0.2, 0.25) is 5.02 Å². The molecule has 154 valence electrons. The molecule has 1 aromatic carbocycles. The summed E-state index contributed by atoms with van der Waals surface area (Å²) in [4.78, 5) is 22.9. The Morgan fingerprint density at radius 2 is 1.86 bits per heavy atom. The summed E-state index contributed by atoms with van der Waals surface area (Å²) < 4.78 is 0. The summed E-state index contributed by atoms with van der Waals surface area (Å²) in [6.45, 7) is 7.83. The summed E-state index contributed by atoms with van der Waals surface area (Å²) in [6, 6.07) is 8.10. The van der Waals surface area contributed by atoms with E-state index in [2.05, 4.69) is 15.2 Å². The first-order valence-corrected chi connectivity index (χ1v) is 10.3. The van der Waals surface area contributed by atoms with Gasteiger partial charge in [0.15, 0.2) is 0 Å². The minimum atomic E-state index is 0. The van der Waals surface area contributed by atoms with E-state index in [1.807, 2.05) is 36.1 Å². The first-order valence-electron chi connectivity index (χ1n) is 9.09. The second-order valence-electron chi connectivity index (χ2n) is 6.92. The lowest BCUT2D eigenvalue weighted by atomic mass is 10.2. The number of nitrogens with one attached hydrogen (secondary N) is 1. The van der Waals surface area contributed by atoms with Crippen LogP contribution in [0.4, 0.5) is 0 Å². The molecule has 1 N–H and O–H groups in total. The Kier molecular flexibility index (Phi) is 8.55. The van der Waals surface area contributed by atoms with Crippen LogP contribution in [0.1, 0.15) is 21.8 Å². The number of nitrogens with zero attached hydrogens (tertiary/aromatic N) is 3. The second kappa shape index (κ2) is 10.2. The maximum absolute atomic E-state index is 13.0. The van der Waals surface area contributed by atoms with Gasteiger partial charge in [-0.3, -0.25) is 9.69 Å². The second-order valence-corrected chi connectivity index (χ2v) is 8.36. The Labute approximate surface area is 187 Å². The van der Waals surface area contributed by atoms with Crippen molar-refractivity contribution in [2.75, 3.05) is 39.3 Å². The molecule has 0 radical (unpaired) electrons. The Bertz CT molecular complexity index is 793. The van der Waals surface area contributed by atoms with Gasteiger partial charge in [-0.25, -0.2) is 4.98 Å². The number of thiazole rings is 1. The van der Waals surface area contributed by atoms with E-state index in [1.165, 1.54) is 11.3 Å². The summed E-state index contributed by atoms with van der Waals surface area (Å²) in [5, 5.41) is 4.97. The number of carbonyl (C=O) groups excluding carboxylic acids is 1. The molecule has 2 aliphatic rings. The Balaban J connectivity index is 0.00000140. The highest BCUT2D eigenvalue weighted by atomic mass is 35.5. The van der Waals surface area contributed by atoms with Crippen LogP contribution in [0, 0.1) is 6.92 Å². The molecule has 28 heavy (non-hydrogen) atoms. The predicted molar refractivity (Wildman–Crippen MR) is 121 cm³/mol. The first kappa shape index (κ1) is 23.4. The van der Waals surface area contributed by atoms with Gasteiger partial charge in [-0.15, -0.1) is 36.2 Å². The minimum Gasteiger partial charge on any atom is -0.336 e. The minimum absolute atomic E-state index is 0. The van der Waals surface area contributed by atoms with E-state index in [1.54, 1.807) is 0 Å². The summed E-state index contributed by atoms with van der Waals surface area (Å²) in [7, 11) is 0. The zero-order valence-corrected chi connectivity index (χ0v) is 18.9. The largest absolute Gasteiger partial charge is 0.336 e. The van der Waals surface area contributed by atoms with E-state index >= 15 is 0 Å². The van der Waals surface area contributed by atoms with Gasteiger partial charge < -0.3 is 10.2 Å². The molecule has 1 aromatic heterocycles. The third-order valence-corrected chi connectivity index (χ3v) is 6.65. The molecule has 0 aliphatic carbocycles. The summed E-state index contributed by atoms with van der Waals surface area (Å²) in [6.07, 6.45) is 1.06. The average Bonchev–Trinajstić information content (AvgIpc) is 3.30. The highest BCUT2D eigenvalue weighted by Gasteiger charge is 2.32. The Morgan fingerprint density at radius 1 is 1.18 bits per heavy atom. The quantitative estimate of drug-likeness (QED) is 0.753. The van der Waals surface area contributed by atoms with E-state index in [0.29, 0.717) is 11.1 Å². The number of likely N-dealkylation sites (tertiary alicyclic amines) is 1. The number of halogens is 3. The van der Waals surface area contributed by atoms with Gasteiger partial charge in [0.1, 0.15) is 9.88 Å². The molecule has 1 unspecified atom stereocenters. The fourth-order valence-corrected chi connectivity index (χ4v) is 4.89. The van der Waals surface area contributed by atoms with Crippen LogP contribution in [0.25, 0.3) is 10.6 Å². The van der Waals surface area contributed by atoms with Gasteiger partial charge >= 0.3 is 0 Å². The van der Waals surface area contributed by atoms with E-state index in [9.17, 15) is 4.79 Å². The number of rotatable bonds is 3. The number of hydrogen-bond donors (Lipinski definition) is 1. The van der Waals surface area contributed by atoms with Crippen molar-refractivity contribution in [1.29, 1.82) is 0 Å². The number of benzene rings is 1. The SMILES string of the molecule is Cc1nc(-c2ccc(Cl)cc2)sc1C(=O)N1CCC(N2CCNCC2)C1.Cl.Cl. The summed E-state index contributed by atoms with van der Waals surface area (Å²) >= 11 is 7.45. The van der Waals surface area contributed by atoms with Gasteiger partial charge in [-0.05, 0) is 25.5 Å². The molecule has 3 heterocycles. The van der Waals surface area contributed by atoms with Crippen molar-refractivity contribution in [2.24, 2.45) is 0 Å². The lowest BCUT2D eigenvalue weighted by molar-refractivity contribution is 0.0777. The fraction of sp³-hybridized carbons (Fsp3) is 0.474. The number of aryl methyl sites for hydroxylation is 1. The van der Waals surface area contributed by atoms with Gasteiger partial charge in [0, 0.05) is 55.9 Å². The van der Waals surface area contributed by atoms with Crippen LogP contribution in [-0.4, -0.2) is 66.0 Å². The molecule has 0 spiro atoms. The molecule has 2 aromatic rings. The Morgan fingerprint density at radius 3 is 2.54 bits per heavy atom. The van der Waals surface area contributed by atoms with Crippen molar-refractivity contribution < 1.29 is 4.79 Å². The molecule has 1 amide bonds. The normalized spacial score (nSPS) is 19.8. The van der Waals surface area contributed by atoms with Crippen molar-refractivity contribution in [2.45, 2.75) is 19.4 Å². The van der Waals surface area contributed by atoms with Crippen molar-refractivity contribution in [3.05, 3.63) is 39.9 Å². The number of carbonyl (C=O) groups is 1. The van der Waals surface area contributed by atoms with Crippen LogP contribution in [-0.2, 0) is 0 Å². The zero-order chi connectivity index (χ0) is 18.1. The molecule has 2 fully saturated rings. The van der Waals surface area contributed by atoms with E-state index in [0.717, 1.165) is 66.8 Å². The molecule has 9 heteroatoms.